The van der Waals surface area contributed by atoms with E-state index in [2.05, 4.69) is 34.5 Å². The number of aromatic amines is 1. The van der Waals surface area contributed by atoms with Crippen LogP contribution in [0.3, 0.4) is 0 Å². The van der Waals surface area contributed by atoms with Gasteiger partial charge in [-0.1, -0.05) is 0 Å². The minimum atomic E-state index is -0.0593. The summed E-state index contributed by atoms with van der Waals surface area (Å²) >= 11 is 1.42. The van der Waals surface area contributed by atoms with Crippen LogP contribution in [-0.4, -0.2) is 21.6 Å². The Balaban J connectivity index is 1.89. The van der Waals surface area contributed by atoms with E-state index in [4.69, 9.17) is 0 Å². The Kier molecular flexibility index (Phi) is 3.42. The van der Waals surface area contributed by atoms with E-state index in [0.29, 0.717) is 23.1 Å². The van der Waals surface area contributed by atoms with Gasteiger partial charge in [-0.05, 0) is 37.0 Å². The molecule has 3 aromatic rings. The summed E-state index contributed by atoms with van der Waals surface area (Å²) in [5.41, 5.74) is 1.92. The van der Waals surface area contributed by atoms with E-state index in [1.54, 1.807) is 0 Å². The Hall–Kier alpha value is -1.92. The summed E-state index contributed by atoms with van der Waals surface area (Å²) in [5.74, 6) is 0.681. The zero-order chi connectivity index (χ0) is 14.1. The summed E-state index contributed by atoms with van der Waals surface area (Å²) in [5, 5.41) is 5.09. The van der Waals surface area contributed by atoms with Crippen LogP contribution in [-0.2, 0) is 6.54 Å². The molecule has 1 unspecified atom stereocenters. The Morgan fingerprint density at radius 2 is 2.35 bits per heavy atom. The van der Waals surface area contributed by atoms with Crippen LogP contribution in [0.15, 0.2) is 34.7 Å². The van der Waals surface area contributed by atoms with Crippen molar-refractivity contribution in [3.05, 3.63) is 51.6 Å². The lowest BCUT2D eigenvalue weighted by atomic mass is 10.2. The van der Waals surface area contributed by atoms with Gasteiger partial charge < -0.3 is 14.9 Å². The van der Waals surface area contributed by atoms with E-state index < -0.39 is 0 Å². The second-order valence-electron chi connectivity index (χ2n) is 4.78. The SMILES string of the molecule is CNC(C)c1ccn(Cc2nc3ccsc3c(=O)[nH]2)c1. The maximum atomic E-state index is 11.9. The predicted molar refractivity (Wildman–Crippen MR) is 81.2 cm³/mol. The van der Waals surface area contributed by atoms with Crippen LogP contribution < -0.4 is 10.9 Å². The highest BCUT2D eigenvalue weighted by Gasteiger charge is 2.07. The molecule has 0 saturated heterocycles. The Labute approximate surface area is 120 Å². The third-order valence-electron chi connectivity index (χ3n) is 3.40. The van der Waals surface area contributed by atoms with E-state index in [0.717, 1.165) is 5.52 Å². The van der Waals surface area contributed by atoms with Crippen molar-refractivity contribution in [2.45, 2.75) is 19.5 Å². The highest BCUT2D eigenvalue weighted by molar-refractivity contribution is 7.17. The van der Waals surface area contributed by atoms with Crippen LogP contribution >= 0.6 is 11.3 Å². The van der Waals surface area contributed by atoms with Crippen molar-refractivity contribution in [2.24, 2.45) is 0 Å². The van der Waals surface area contributed by atoms with Crippen LogP contribution in [0.4, 0.5) is 0 Å². The normalized spacial score (nSPS) is 12.9. The van der Waals surface area contributed by atoms with Crippen LogP contribution in [0, 0.1) is 0 Å². The van der Waals surface area contributed by atoms with Gasteiger partial charge >= 0.3 is 0 Å². The molecule has 0 aliphatic heterocycles. The zero-order valence-electron chi connectivity index (χ0n) is 11.4. The van der Waals surface area contributed by atoms with Crippen molar-refractivity contribution in [3.63, 3.8) is 0 Å². The summed E-state index contributed by atoms with van der Waals surface area (Å²) in [6.45, 7) is 2.68. The van der Waals surface area contributed by atoms with E-state index in [-0.39, 0.29) is 5.56 Å². The molecule has 6 heteroatoms. The standard InChI is InChI=1S/C14H16N4OS/c1-9(15-2)10-3-5-18(7-10)8-12-16-11-4-6-20-13(11)14(19)17-12/h3-7,9,15H,8H2,1-2H3,(H,16,17,19). The largest absolute Gasteiger partial charge is 0.346 e. The number of hydrogen-bond donors (Lipinski definition) is 2. The summed E-state index contributed by atoms with van der Waals surface area (Å²) < 4.78 is 2.71. The molecule has 0 saturated carbocycles. The number of H-pyrrole nitrogens is 1. The molecular weight excluding hydrogens is 272 g/mol. The van der Waals surface area contributed by atoms with Crippen LogP contribution in [0.5, 0.6) is 0 Å². The fourth-order valence-corrected chi connectivity index (χ4v) is 2.88. The first kappa shape index (κ1) is 13.1. The predicted octanol–water partition coefficient (Wildman–Crippen LogP) is 2.11. The number of rotatable bonds is 4. The molecule has 3 rings (SSSR count). The summed E-state index contributed by atoms with van der Waals surface area (Å²) in [6.07, 6.45) is 4.07. The van der Waals surface area contributed by atoms with Crippen molar-refractivity contribution in [3.8, 4) is 0 Å². The first-order valence-corrected chi connectivity index (χ1v) is 7.34. The Morgan fingerprint density at radius 3 is 3.15 bits per heavy atom. The van der Waals surface area contributed by atoms with Crippen LogP contribution in [0.2, 0.25) is 0 Å². The molecule has 0 aliphatic rings. The van der Waals surface area contributed by atoms with Crippen LogP contribution in [0.25, 0.3) is 10.2 Å². The van der Waals surface area contributed by atoms with E-state index in [1.165, 1.54) is 16.9 Å². The van der Waals surface area contributed by atoms with Crippen LogP contribution in [0.1, 0.15) is 24.4 Å². The van der Waals surface area contributed by atoms with Gasteiger partial charge in [0.1, 0.15) is 10.5 Å². The minimum Gasteiger partial charge on any atom is -0.346 e. The molecule has 0 fully saturated rings. The molecule has 20 heavy (non-hydrogen) atoms. The fraction of sp³-hybridized carbons (Fsp3) is 0.286. The number of fused-ring (bicyclic) bond motifs is 1. The lowest BCUT2D eigenvalue weighted by molar-refractivity contribution is 0.647. The third kappa shape index (κ3) is 2.39. The number of hydrogen-bond acceptors (Lipinski definition) is 4. The van der Waals surface area contributed by atoms with Gasteiger partial charge in [0.15, 0.2) is 0 Å². The van der Waals surface area contributed by atoms with Gasteiger partial charge in [0.2, 0.25) is 0 Å². The Morgan fingerprint density at radius 1 is 1.50 bits per heavy atom. The van der Waals surface area contributed by atoms with Crippen molar-refractivity contribution in [1.29, 1.82) is 0 Å². The molecule has 3 aromatic heterocycles. The first-order valence-electron chi connectivity index (χ1n) is 6.46. The zero-order valence-corrected chi connectivity index (χ0v) is 12.2. The highest BCUT2D eigenvalue weighted by atomic mass is 32.1. The molecule has 3 heterocycles. The van der Waals surface area contributed by atoms with Gasteiger partial charge in [-0.25, -0.2) is 4.98 Å². The van der Waals surface area contributed by atoms with E-state index in [1.807, 2.05) is 29.3 Å². The molecule has 0 aromatic carbocycles. The smallest absolute Gasteiger partial charge is 0.268 e. The molecule has 0 amide bonds. The number of thiophene rings is 1. The Bertz CT molecular complexity index is 786. The molecule has 104 valence electrons. The lowest BCUT2D eigenvalue weighted by Crippen LogP contribution is -2.13. The third-order valence-corrected chi connectivity index (χ3v) is 4.31. The second-order valence-corrected chi connectivity index (χ2v) is 5.69. The van der Waals surface area contributed by atoms with Crippen molar-refractivity contribution >= 4 is 21.6 Å². The van der Waals surface area contributed by atoms with Crippen molar-refractivity contribution in [2.75, 3.05) is 7.05 Å². The molecule has 0 aliphatic carbocycles. The molecule has 0 spiro atoms. The monoisotopic (exact) mass is 288 g/mol. The maximum absolute atomic E-state index is 11.9. The van der Waals surface area contributed by atoms with Gasteiger partial charge in [-0.3, -0.25) is 4.79 Å². The topological polar surface area (TPSA) is 62.7 Å². The molecule has 0 radical (unpaired) electrons. The number of nitrogens with zero attached hydrogens (tertiary/aromatic N) is 2. The summed E-state index contributed by atoms with van der Waals surface area (Å²) in [7, 11) is 1.94. The average molecular weight is 288 g/mol. The maximum Gasteiger partial charge on any atom is 0.268 e. The van der Waals surface area contributed by atoms with Crippen molar-refractivity contribution < 1.29 is 0 Å². The molecule has 1 atom stereocenters. The quantitative estimate of drug-likeness (QED) is 0.773. The second kappa shape index (κ2) is 5.22. The first-order chi connectivity index (χ1) is 9.67. The average Bonchev–Trinajstić information content (AvgIpc) is 3.07. The van der Waals surface area contributed by atoms with Gasteiger partial charge in [-0.15, -0.1) is 11.3 Å². The molecule has 2 N–H and O–H groups in total. The number of aromatic nitrogens is 3. The minimum absolute atomic E-state index is 0.0593. The van der Waals surface area contributed by atoms with Crippen molar-refractivity contribution in [1.82, 2.24) is 19.9 Å². The summed E-state index contributed by atoms with van der Waals surface area (Å²) in [4.78, 5) is 19.2. The van der Waals surface area contributed by atoms with Gasteiger partial charge in [0.25, 0.3) is 5.56 Å². The van der Waals surface area contributed by atoms with Gasteiger partial charge in [0, 0.05) is 18.4 Å². The number of nitrogens with one attached hydrogen (secondary N) is 2. The lowest BCUT2D eigenvalue weighted by Gasteiger charge is -2.07. The molecule has 0 bridgehead atoms. The summed E-state index contributed by atoms with van der Waals surface area (Å²) in [6, 6.07) is 4.26. The molecular formula is C14H16N4OS. The van der Waals surface area contributed by atoms with E-state index in [9.17, 15) is 4.79 Å². The van der Waals surface area contributed by atoms with Gasteiger partial charge in [0.05, 0.1) is 12.1 Å². The highest BCUT2D eigenvalue weighted by Crippen LogP contribution is 2.15. The van der Waals surface area contributed by atoms with Gasteiger partial charge in [-0.2, -0.15) is 0 Å². The fourth-order valence-electron chi connectivity index (χ4n) is 2.15. The van der Waals surface area contributed by atoms with E-state index >= 15 is 0 Å². The molecule has 5 nitrogen and oxygen atoms in total.